The number of hydrogen-bond acceptors (Lipinski definition) is 3. The maximum Gasteiger partial charge on any atom is 0.261 e. The number of carbonyl (C=O) groups is 2. The summed E-state index contributed by atoms with van der Waals surface area (Å²) >= 11 is 3.55. The van der Waals surface area contributed by atoms with Crippen LogP contribution < -0.4 is 10.1 Å². The lowest BCUT2D eigenvalue weighted by Crippen LogP contribution is -2.53. The number of ether oxygens (including phenoxy) is 1. The van der Waals surface area contributed by atoms with Gasteiger partial charge in [0.05, 0.1) is 0 Å². The lowest BCUT2D eigenvalue weighted by molar-refractivity contribution is -0.143. The Morgan fingerprint density at radius 2 is 1.60 bits per heavy atom. The normalized spacial score (nSPS) is 14.8. The van der Waals surface area contributed by atoms with Crippen LogP contribution in [0, 0.1) is 0 Å². The molecule has 212 valence electrons. The Balaban J connectivity index is 1.59. The number of amides is 2. The second-order valence-corrected chi connectivity index (χ2v) is 12.7. The molecule has 0 aliphatic heterocycles. The average molecular weight is 606 g/mol. The van der Waals surface area contributed by atoms with Gasteiger partial charge in [0.15, 0.2) is 6.61 Å². The molecule has 2 amide bonds. The lowest BCUT2D eigenvalue weighted by Gasteiger charge is -2.33. The second kappa shape index (κ2) is 14.0. The topological polar surface area (TPSA) is 58.6 Å². The Kier molecular flexibility index (Phi) is 10.4. The van der Waals surface area contributed by atoms with Crippen LogP contribution in [0.2, 0.25) is 0 Å². The maximum atomic E-state index is 13.9. The third-order valence-corrected chi connectivity index (χ3v) is 8.04. The summed E-state index contributed by atoms with van der Waals surface area (Å²) in [5.74, 6) is 0.309. The van der Waals surface area contributed by atoms with Gasteiger partial charge in [-0.3, -0.25) is 9.59 Å². The third kappa shape index (κ3) is 8.69. The average Bonchev–Trinajstić information content (AvgIpc) is 2.94. The first-order valence-corrected chi connectivity index (χ1v) is 15.1. The fraction of sp³-hybridized carbons (Fsp3) is 0.412. The molecule has 0 bridgehead atoms. The molecule has 1 N–H and O–H groups in total. The number of benzene rings is 3. The summed E-state index contributed by atoms with van der Waals surface area (Å²) in [6.07, 6.45) is 5.85. The van der Waals surface area contributed by atoms with Gasteiger partial charge in [0, 0.05) is 23.5 Å². The molecule has 4 rings (SSSR count). The highest BCUT2D eigenvalue weighted by Gasteiger charge is 2.32. The molecule has 40 heavy (non-hydrogen) atoms. The lowest BCUT2D eigenvalue weighted by atomic mass is 9.87. The summed E-state index contributed by atoms with van der Waals surface area (Å²) in [5.41, 5.74) is 3.19. The van der Waals surface area contributed by atoms with Crippen LogP contribution in [-0.2, 0) is 28.0 Å². The van der Waals surface area contributed by atoms with E-state index in [9.17, 15) is 9.59 Å². The summed E-state index contributed by atoms with van der Waals surface area (Å²) in [7, 11) is 0. The highest BCUT2D eigenvalue weighted by molar-refractivity contribution is 9.10. The summed E-state index contributed by atoms with van der Waals surface area (Å²) in [5, 5.41) is 3.28. The fourth-order valence-corrected chi connectivity index (χ4v) is 5.66. The smallest absolute Gasteiger partial charge is 0.261 e. The van der Waals surface area contributed by atoms with Crippen molar-refractivity contribution < 1.29 is 14.3 Å². The van der Waals surface area contributed by atoms with Crippen molar-refractivity contribution in [1.29, 1.82) is 0 Å². The van der Waals surface area contributed by atoms with E-state index in [4.69, 9.17) is 4.74 Å². The summed E-state index contributed by atoms with van der Waals surface area (Å²) in [6.45, 7) is 6.65. The predicted octanol–water partition coefficient (Wildman–Crippen LogP) is 7.21. The Morgan fingerprint density at radius 3 is 2.25 bits per heavy atom. The SMILES string of the molecule is CC(C)(C)c1ccc(OCC(=O)N(Cc2cccc(Br)c2)[C@@H](Cc2ccccc2)C(=O)NC2CCCCC2)cc1. The predicted molar refractivity (Wildman–Crippen MR) is 164 cm³/mol. The Bertz CT molecular complexity index is 1250. The Morgan fingerprint density at radius 1 is 0.925 bits per heavy atom. The van der Waals surface area contributed by atoms with Gasteiger partial charge in [0.1, 0.15) is 11.8 Å². The van der Waals surface area contributed by atoms with Crippen molar-refractivity contribution in [3.8, 4) is 5.75 Å². The van der Waals surface area contributed by atoms with E-state index in [0.29, 0.717) is 18.7 Å². The molecule has 0 unspecified atom stereocenters. The van der Waals surface area contributed by atoms with Gasteiger partial charge in [-0.25, -0.2) is 0 Å². The molecule has 1 fully saturated rings. The minimum absolute atomic E-state index is 0.0332. The van der Waals surface area contributed by atoms with E-state index < -0.39 is 6.04 Å². The number of hydrogen-bond donors (Lipinski definition) is 1. The molecular formula is C34H41BrN2O3. The van der Waals surface area contributed by atoms with Crippen LogP contribution in [0.1, 0.15) is 69.6 Å². The van der Waals surface area contributed by atoms with E-state index >= 15 is 0 Å². The highest BCUT2D eigenvalue weighted by Crippen LogP contribution is 2.25. The standard InChI is InChI=1S/C34H41BrN2O3/c1-34(2,3)27-17-19-30(20-18-27)40-24-32(38)37(23-26-13-10-14-28(35)21-26)31(22-25-11-6-4-7-12-25)33(39)36-29-15-8-5-9-16-29/h4,6-7,10-14,17-21,29,31H,5,8-9,15-16,22-24H2,1-3H3,(H,36,39)/t31-/m0/s1. The molecule has 1 aliphatic rings. The largest absolute Gasteiger partial charge is 0.484 e. The monoisotopic (exact) mass is 604 g/mol. The first kappa shape index (κ1) is 29.9. The van der Waals surface area contributed by atoms with Gasteiger partial charge in [-0.05, 0) is 59.2 Å². The van der Waals surface area contributed by atoms with Crippen LogP contribution in [0.15, 0.2) is 83.3 Å². The zero-order valence-corrected chi connectivity index (χ0v) is 25.5. The second-order valence-electron chi connectivity index (χ2n) is 11.8. The van der Waals surface area contributed by atoms with E-state index in [1.54, 1.807) is 4.90 Å². The van der Waals surface area contributed by atoms with Crippen molar-refractivity contribution >= 4 is 27.7 Å². The van der Waals surface area contributed by atoms with Crippen LogP contribution in [0.25, 0.3) is 0 Å². The van der Waals surface area contributed by atoms with Crippen molar-refractivity contribution in [2.45, 2.75) is 83.3 Å². The number of nitrogens with one attached hydrogen (secondary N) is 1. The molecule has 3 aromatic rings. The van der Waals surface area contributed by atoms with E-state index in [1.807, 2.05) is 78.9 Å². The van der Waals surface area contributed by atoms with Gasteiger partial charge in [0.25, 0.3) is 5.91 Å². The minimum atomic E-state index is -0.664. The molecule has 0 radical (unpaired) electrons. The van der Waals surface area contributed by atoms with Gasteiger partial charge in [0.2, 0.25) is 5.91 Å². The minimum Gasteiger partial charge on any atom is -0.484 e. The summed E-state index contributed by atoms with van der Waals surface area (Å²) in [6, 6.07) is 25.2. The summed E-state index contributed by atoms with van der Waals surface area (Å²) in [4.78, 5) is 29.4. The Labute approximate surface area is 247 Å². The third-order valence-electron chi connectivity index (χ3n) is 7.55. The zero-order chi connectivity index (χ0) is 28.5. The van der Waals surface area contributed by atoms with E-state index in [1.165, 1.54) is 12.0 Å². The molecule has 6 heteroatoms. The fourth-order valence-electron chi connectivity index (χ4n) is 5.21. The van der Waals surface area contributed by atoms with Crippen LogP contribution in [0.4, 0.5) is 0 Å². The molecule has 1 atom stereocenters. The van der Waals surface area contributed by atoms with Crippen molar-refractivity contribution in [2.75, 3.05) is 6.61 Å². The van der Waals surface area contributed by atoms with Crippen molar-refractivity contribution in [3.63, 3.8) is 0 Å². The van der Waals surface area contributed by atoms with Crippen LogP contribution in [-0.4, -0.2) is 35.4 Å². The van der Waals surface area contributed by atoms with Crippen LogP contribution in [0.5, 0.6) is 5.75 Å². The van der Waals surface area contributed by atoms with E-state index in [0.717, 1.165) is 41.3 Å². The first-order valence-electron chi connectivity index (χ1n) is 14.3. The van der Waals surface area contributed by atoms with E-state index in [2.05, 4.69) is 42.0 Å². The number of nitrogens with zero attached hydrogens (tertiary/aromatic N) is 1. The zero-order valence-electron chi connectivity index (χ0n) is 23.9. The molecule has 3 aromatic carbocycles. The van der Waals surface area contributed by atoms with Crippen LogP contribution >= 0.6 is 15.9 Å². The molecule has 0 saturated heterocycles. The molecule has 1 saturated carbocycles. The van der Waals surface area contributed by atoms with Gasteiger partial charge < -0.3 is 15.0 Å². The Hall–Kier alpha value is -3.12. The van der Waals surface area contributed by atoms with Gasteiger partial charge in [-0.2, -0.15) is 0 Å². The molecule has 0 heterocycles. The quantitative estimate of drug-likeness (QED) is 0.266. The molecule has 1 aliphatic carbocycles. The van der Waals surface area contributed by atoms with Crippen LogP contribution in [0.3, 0.4) is 0 Å². The van der Waals surface area contributed by atoms with Crippen molar-refractivity contribution in [1.82, 2.24) is 10.2 Å². The first-order chi connectivity index (χ1) is 19.2. The van der Waals surface area contributed by atoms with Crippen molar-refractivity contribution in [3.05, 3.63) is 100 Å². The molecular weight excluding hydrogens is 564 g/mol. The molecule has 0 aromatic heterocycles. The summed E-state index contributed by atoms with van der Waals surface area (Å²) < 4.78 is 6.91. The van der Waals surface area contributed by atoms with Gasteiger partial charge in [-0.15, -0.1) is 0 Å². The highest BCUT2D eigenvalue weighted by atomic mass is 79.9. The number of halogens is 1. The molecule has 0 spiro atoms. The maximum absolute atomic E-state index is 13.9. The van der Waals surface area contributed by atoms with Gasteiger partial charge >= 0.3 is 0 Å². The molecule has 5 nitrogen and oxygen atoms in total. The van der Waals surface area contributed by atoms with Gasteiger partial charge in [-0.1, -0.05) is 111 Å². The number of carbonyl (C=O) groups excluding carboxylic acids is 2. The number of rotatable bonds is 10. The van der Waals surface area contributed by atoms with E-state index in [-0.39, 0.29) is 29.9 Å². The van der Waals surface area contributed by atoms with Crippen molar-refractivity contribution in [2.24, 2.45) is 0 Å².